The lowest BCUT2D eigenvalue weighted by Gasteiger charge is -2.43. The van der Waals surface area contributed by atoms with Gasteiger partial charge < -0.3 is 50.3 Å². The van der Waals surface area contributed by atoms with Crippen LogP contribution in [0.2, 0.25) is 0 Å². The highest BCUT2D eigenvalue weighted by molar-refractivity contribution is 5.85. The molecule has 0 unspecified atom stereocenters. The molecule has 3 heterocycles. The molecular weight excluding hydrogens is 464 g/mol. The van der Waals surface area contributed by atoms with Crippen LogP contribution in [0.15, 0.2) is 18.3 Å². The van der Waals surface area contributed by atoms with Crippen molar-refractivity contribution >= 4 is 10.9 Å². The summed E-state index contributed by atoms with van der Waals surface area (Å²) in [6.45, 7) is -1.60. The average Bonchev–Trinajstić information content (AvgIpc) is 3.32. The van der Waals surface area contributed by atoms with Crippen LogP contribution >= 0.6 is 0 Å². The molecule has 2 aromatic rings. The van der Waals surface area contributed by atoms with E-state index in [2.05, 4.69) is 33.9 Å². The minimum atomic E-state index is -2.61. The molecule has 0 bridgehead atoms. The van der Waals surface area contributed by atoms with Gasteiger partial charge in [0.2, 0.25) is 11.6 Å². The fourth-order valence-electron chi connectivity index (χ4n) is 3.94. The van der Waals surface area contributed by atoms with Gasteiger partial charge in [0.1, 0.15) is 43.2 Å². The number of aromatic nitrogens is 2. The van der Waals surface area contributed by atoms with E-state index < -0.39 is 61.4 Å². The van der Waals surface area contributed by atoms with Crippen molar-refractivity contribution in [3.05, 3.63) is 29.5 Å². The first-order valence-corrected chi connectivity index (χ1v) is 10.8. The minimum absolute atomic E-state index is 0.0973. The summed E-state index contributed by atoms with van der Waals surface area (Å²) in [6, 6.07) is 3.34. The topological polar surface area (TPSA) is 209 Å². The number of hydrogen-bond donors (Lipinski definition) is 9. The molecule has 4 rings (SSSR count). The summed E-state index contributed by atoms with van der Waals surface area (Å²) in [5.41, 5.74) is 1.49. The van der Waals surface area contributed by atoms with E-state index in [4.69, 9.17) is 9.47 Å². The van der Waals surface area contributed by atoms with E-state index in [-0.39, 0.29) is 12.8 Å². The molecule has 2 saturated heterocycles. The molecule has 0 radical (unpaired) electrons. The van der Waals surface area contributed by atoms with E-state index in [9.17, 15) is 40.9 Å². The van der Waals surface area contributed by atoms with Crippen molar-refractivity contribution in [2.24, 2.45) is 0 Å². The molecule has 0 amide bonds. The maximum absolute atomic E-state index is 10.2. The van der Waals surface area contributed by atoms with Crippen molar-refractivity contribution in [1.29, 1.82) is 0 Å². The van der Waals surface area contributed by atoms with E-state index in [1.807, 2.05) is 0 Å². The molecule has 1 aromatic heterocycles. The summed E-state index contributed by atoms with van der Waals surface area (Å²) in [5, 5.41) is 86.1. The highest BCUT2D eigenvalue weighted by Gasteiger charge is 2.53. The standard InChI is InChI=1S/C23H26N2O10/c26-10-17-20(29)21(30)19(28)16(34-17)4-2-13-7-12(8-14-9-24-25-18(13)14)1-3-15-5-6-22(31,32)23(33,11-27)35-15/h7-9,15-17,19-21,26-33H,5-6,10-11H2,(H,24,25)/t15-,16+,17+,19+,20+,21+,23+/m0/s1. The second-order valence-corrected chi connectivity index (χ2v) is 8.55. The predicted octanol–water partition coefficient (Wildman–Crippen LogP) is -3.35. The van der Waals surface area contributed by atoms with Gasteiger partial charge in [-0.25, -0.2) is 0 Å². The number of aliphatic hydroxyl groups is 8. The third kappa shape index (κ3) is 4.91. The predicted molar refractivity (Wildman–Crippen MR) is 117 cm³/mol. The molecule has 2 fully saturated rings. The van der Waals surface area contributed by atoms with Crippen LogP contribution in [0.25, 0.3) is 10.9 Å². The van der Waals surface area contributed by atoms with Gasteiger partial charge in [0, 0.05) is 17.4 Å². The van der Waals surface area contributed by atoms with Crippen LogP contribution in [-0.4, -0.2) is 112 Å². The average molecular weight is 490 g/mol. The summed E-state index contributed by atoms with van der Waals surface area (Å²) in [5.74, 6) is 6.04. The third-order valence-corrected chi connectivity index (χ3v) is 6.10. The molecule has 12 nitrogen and oxygen atoms in total. The van der Waals surface area contributed by atoms with Crippen LogP contribution in [0.4, 0.5) is 0 Å². The van der Waals surface area contributed by atoms with Crippen molar-refractivity contribution in [3.63, 3.8) is 0 Å². The van der Waals surface area contributed by atoms with Crippen molar-refractivity contribution in [2.75, 3.05) is 13.2 Å². The van der Waals surface area contributed by atoms with Crippen LogP contribution in [0.3, 0.4) is 0 Å². The second kappa shape index (κ2) is 9.81. The molecule has 0 saturated carbocycles. The Morgan fingerprint density at radius 1 is 1.03 bits per heavy atom. The molecular formula is C23H26N2O10. The van der Waals surface area contributed by atoms with Crippen LogP contribution in [0.1, 0.15) is 24.0 Å². The fraction of sp³-hybridized carbons (Fsp3) is 0.522. The minimum Gasteiger partial charge on any atom is -0.394 e. The molecule has 9 N–H and O–H groups in total. The first-order chi connectivity index (χ1) is 16.6. The maximum atomic E-state index is 10.2. The van der Waals surface area contributed by atoms with E-state index in [0.717, 1.165) is 0 Å². The number of aliphatic hydroxyl groups excluding tert-OH is 5. The number of aromatic amines is 1. The van der Waals surface area contributed by atoms with Gasteiger partial charge in [-0.05, 0) is 18.6 Å². The van der Waals surface area contributed by atoms with Gasteiger partial charge in [-0.1, -0.05) is 23.7 Å². The van der Waals surface area contributed by atoms with Crippen LogP contribution in [0, 0.1) is 23.7 Å². The highest BCUT2D eigenvalue weighted by atomic mass is 16.7. The first kappa shape index (κ1) is 25.5. The van der Waals surface area contributed by atoms with Crippen LogP contribution in [0.5, 0.6) is 0 Å². The lowest BCUT2D eigenvalue weighted by Crippen LogP contribution is -2.62. The number of fused-ring (bicyclic) bond motifs is 1. The third-order valence-electron chi connectivity index (χ3n) is 6.10. The zero-order valence-electron chi connectivity index (χ0n) is 18.4. The molecule has 2 aliphatic rings. The number of rotatable bonds is 2. The molecule has 0 aliphatic carbocycles. The first-order valence-electron chi connectivity index (χ1n) is 10.8. The molecule has 188 valence electrons. The zero-order valence-corrected chi connectivity index (χ0v) is 18.4. The summed E-state index contributed by atoms with van der Waals surface area (Å²) >= 11 is 0. The van der Waals surface area contributed by atoms with Crippen molar-refractivity contribution in [3.8, 4) is 23.7 Å². The van der Waals surface area contributed by atoms with Crippen molar-refractivity contribution in [1.82, 2.24) is 10.2 Å². The quantitative estimate of drug-likeness (QED) is 0.150. The zero-order chi connectivity index (χ0) is 25.4. The van der Waals surface area contributed by atoms with Gasteiger partial charge in [0.05, 0.1) is 23.9 Å². The second-order valence-electron chi connectivity index (χ2n) is 8.55. The van der Waals surface area contributed by atoms with Crippen LogP contribution < -0.4 is 0 Å². The van der Waals surface area contributed by atoms with Gasteiger partial charge in [0.25, 0.3) is 0 Å². The van der Waals surface area contributed by atoms with Gasteiger partial charge in [-0.2, -0.15) is 5.10 Å². The summed E-state index contributed by atoms with van der Waals surface area (Å²) in [6.07, 6.45) is -6.30. The summed E-state index contributed by atoms with van der Waals surface area (Å²) < 4.78 is 10.6. The van der Waals surface area contributed by atoms with Crippen molar-refractivity contribution in [2.45, 2.75) is 61.0 Å². The van der Waals surface area contributed by atoms with Gasteiger partial charge in [0.15, 0.2) is 0 Å². The molecule has 1 aromatic carbocycles. The number of nitrogens with zero attached hydrogens (tertiary/aromatic N) is 1. The number of H-pyrrole nitrogens is 1. The summed E-state index contributed by atoms with van der Waals surface area (Å²) in [7, 11) is 0. The number of hydrogen-bond acceptors (Lipinski definition) is 11. The number of ether oxygens (including phenoxy) is 2. The van der Waals surface area contributed by atoms with Crippen molar-refractivity contribution < 1.29 is 50.3 Å². The molecule has 12 heteroatoms. The van der Waals surface area contributed by atoms with E-state index in [1.54, 1.807) is 18.3 Å². The SMILES string of the molecule is OC[C@H]1O[C@H](C#Cc2cc(C#C[C@H]3CCC(O)(O)[C@@](O)(CO)O3)cc3cn[nH]c23)[C@@H](O)[C@@H](O)[C@@H]1O. The Morgan fingerprint density at radius 3 is 2.51 bits per heavy atom. The van der Waals surface area contributed by atoms with Crippen LogP contribution in [-0.2, 0) is 9.47 Å². The van der Waals surface area contributed by atoms with Gasteiger partial charge >= 0.3 is 0 Å². The largest absolute Gasteiger partial charge is 0.394 e. The normalized spacial score (nSPS) is 34.5. The smallest absolute Gasteiger partial charge is 0.246 e. The Hall–Kier alpha value is -2.59. The lowest BCUT2D eigenvalue weighted by atomic mass is 9.94. The molecule has 7 atom stereocenters. The van der Waals surface area contributed by atoms with Gasteiger partial charge in [-0.15, -0.1) is 0 Å². The lowest BCUT2D eigenvalue weighted by molar-refractivity contribution is -0.406. The Labute approximate surface area is 199 Å². The van der Waals surface area contributed by atoms with E-state index in [0.29, 0.717) is 22.0 Å². The molecule has 35 heavy (non-hydrogen) atoms. The van der Waals surface area contributed by atoms with E-state index >= 15 is 0 Å². The number of benzene rings is 1. The summed E-state index contributed by atoms with van der Waals surface area (Å²) in [4.78, 5) is 0. The fourth-order valence-corrected chi connectivity index (χ4v) is 3.94. The number of nitrogens with one attached hydrogen (secondary N) is 1. The maximum Gasteiger partial charge on any atom is 0.246 e. The van der Waals surface area contributed by atoms with Gasteiger partial charge in [-0.3, -0.25) is 5.10 Å². The Bertz CT molecular complexity index is 1190. The molecule has 0 spiro atoms. The Balaban J connectivity index is 1.60. The molecule has 2 aliphatic heterocycles. The van der Waals surface area contributed by atoms with E-state index in [1.165, 1.54) is 0 Å². The Kier molecular flexibility index (Phi) is 7.15. The highest BCUT2D eigenvalue weighted by Crippen LogP contribution is 2.33. The monoisotopic (exact) mass is 490 g/mol. The Morgan fingerprint density at radius 2 is 1.80 bits per heavy atom.